The molecule has 0 aliphatic carbocycles. The molecule has 0 rings (SSSR count). The van der Waals surface area contributed by atoms with Gasteiger partial charge in [0.2, 0.25) is 0 Å². The van der Waals surface area contributed by atoms with Crippen molar-refractivity contribution in [1.29, 1.82) is 0 Å². The van der Waals surface area contributed by atoms with Gasteiger partial charge in [-0.2, -0.15) is 0 Å². The summed E-state index contributed by atoms with van der Waals surface area (Å²) in [6, 6.07) is 0. The lowest BCUT2D eigenvalue weighted by atomic mass is 9.77. The second-order valence-corrected chi connectivity index (χ2v) is 9.78. The third kappa shape index (κ3) is 6.13. The molecule has 20 heavy (non-hydrogen) atoms. The average molecular weight is 306 g/mol. The van der Waals surface area contributed by atoms with Gasteiger partial charge in [-0.05, 0) is 52.0 Å². The molecule has 0 aromatic rings. The molecule has 0 aliphatic rings. The highest BCUT2D eigenvalue weighted by Gasteiger charge is 2.34. The minimum Gasteiger partial charge on any atom is -0.316 e. The van der Waals surface area contributed by atoms with E-state index >= 15 is 0 Å². The lowest BCUT2D eigenvalue weighted by Crippen LogP contribution is -2.38. The number of hydrogen-bond acceptors (Lipinski definition) is 3. The lowest BCUT2D eigenvalue weighted by Gasteiger charge is -2.34. The maximum atomic E-state index is 12.3. The molecule has 1 atom stereocenters. The first-order chi connectivity index (χ1) is 9.14. The Kier molecular flexibility index (Phi) is 8.34. The third-order valence-electron chi connectivity index (χ3n) is 4.39. The standard InChI is InChI=1S/C16H35NO2S/c1-7-10-11-16(8-2,14-17-9-3)12-13-20(18,19)15(4,5)6/h17H,7-14H2,1-6H3. The zero-order valence-corrected chi connectivity index (χ0v) is 15.2. The van der Waals surface area contributed by atoms with E-state index in [1.807, 2.05) is 0 Å². The van der Waals surface area contributed by atoms with Crippen molar-refractivity contribution in [3.63, 3.8) is 0 Å². The van der Waals surface area contributed by atoms with E-state index in [0.29, 0.717) is 5.75 Å². The maximum absolute atomic E-state index is 12.3. The Hall–Kier alpha value is -0.0900. The smallest absolute Gasteiger partial charge is 0.155 e. The summed E-state index contributed by atoms with van der Waals surface area (Å²) in [6.45, 7) is 13.8. The van der Waals surface area contributed by atoms with Crippen molar-refractivity contribution in [2.75, 3.05) is 18.8 Å². The van der Waals surface area contributed by atoms with E-state index < -0.39 is 14.6 Å². The summed E-state index contributed by atoms with van der Waals surface area (Å²) in [5, 5.41) is 3.43. The molecule has 3 nitrogen and oxygen atoms in total. The second-order valence-electron chi connectivity index (χ2n) is 6.92. The Labute approximate surface area is 126 Å². The van der Waals surface area contributed by atoms with Gasteiger partial charge in [0.25, 0.3) is 0 Å². The van der Waals surface area contributed by atoms with Gasteiger partial charge in [-0.1, -0.05) is 33.6 Å². The fraction of sp³-hybridized carbons (Fsp3) is 1.00. The largest absolute Gasteiger partial charge is 0.316 e. The van der Waals surface area contributed by atoms with Crippen molar-refractivity contribution in [2.24, 2.45) is 5.41 Å². The van der Waals surface area contributed by atoms with Gasteiger partial charge >= 0.3 is 0 Å². The molecule has 0 spiro atoms. The van der Waals surface area contributed by atoms with Gasteiger partial charge in [-0.15, -0.1) is 0 Å². The molecule has 0 radical (unpaired) electrons. The van der Waals surface area contributed by atoms with Crippen LogP contribution in [0, 0.1) is 5.41 Å². The zero-order valence-electron chi connectivity index (χ0n) is 14.4. The Morgan fingerprint density at radius 3 is 2.00 bits per heavy atom. The molecule has 4 heteroatoms. The molecular weight excluding hydrogens is 270 g/mol. The minimum absolute atomic E-state index is 0.129. The van der Waals surface area contributed by atoms with Crippen molar-refractivity contribution in [3.8, 4) is 0 Å². The average Bonchev–Trinajstić information content (AvgIpc) is 2.37. The number of hydrogen-bond donors (Lipinski definition) is 1. The summed E-state index contributed by atoms with van der Waals surface area (Å²) in [4.78, 5) is 0. The SMILES string of the molecule is CCCCC(CC)(CCS(=O)(=O)C(C)(C)C)CNCC. The van der Waals surface area contributed by atoms with Gasteiger partial charge in [0.1, 0.15) is 0 Å². The van der Waals surface area contributed by atoms with Crippen LogP contribution in [0.5, 0.6) is 0 Å². The van der Waals surface area contributed by atoms with Crippen LogP contribution >= 0.6 is 0 Å². The minimum atomic E-state index is -3.02. The molecule has 0 saturated carbocycles. The summed E-state index contributed by atoms with van der Waals surface area (Å²) in [5.41, 5.74) is 0.129. The molecule has 122 valence electrons. The van der Waals surface area contributed by atoms with Crippen LogP contribution in [-0.4, -0.2) is 32.0 Å². The van der Waals surface area contributed by atoms with Crippen LogP contribution in [0.4, 0.5) is 0 Å². The molecule has 0 heterocycles. The van der Waals surface area contributed by atoms with E-state index in [0.717, 1.165) is 32.4 Å². The summed E-state index contributed by atoms with van der Waals surface area (Å²) in [7, 11) is -3.02. The first-order valence-corrected chi connectivity index (χ1v) is 9.72. The van der Waals surface area contributed by atoms with Crippen LogP contribution in [0.3, 0.4) is 0 Å². The van der Waals surface area contributed by atoms with Gasteiger partial charge in [0, 0.05) is 6.54 Å². The fourth-order valence-electron chi connectivity index (χ4n) is 2.38. The Morgan fingerprint density at radius 2 is 1.60 bits per heavy atom. The summed E-state index contributed by atoms with van der Waals surface area (Å²) < 4.78 is 24.0. The predicted octanol–water partition coefficient (Wildman–Crippen LogP) is 3.79. The van der Waals surface area contributed by atoms with E-state index in [1.165, 1.54) is 12.8 Å². The van der Waals surface area contributed by atoms with Crippen molar-refractivity contribution in [1.82, 2.24) is 5.32 Å². The van der Waals surface area contributed by atoms with Crippen LogP contribution in [0.15, 0.2) is 0 Å². The molecule has 0 aromatic carbocycles. The van der Waals surface area contributed by atoms with Crippen molar-refractivity contribution >= 4 is 9.84 Å². The van der Waals surface area contributed by atoms with Crippen LogP contribution in [0.1, 0.15) is 73.6 Å². The van der Waals surface area contributed by atoms with Gasteiger partial charge in [0.05, 0.1) is 10.5 Å². The van der Waals surface area contributed by atoms with Gasteiger partial charge in [-0.25, -0.2) is 8.42 Å². The highest BCUT2D eigenvalue weighted by atomic mass is 32.2. The molecule has 0 saturated heterocycles. The molecule has 0 aromatic heterocycles. The predicted molar refractivity (Wildman–Crippen MR) is 88.9 cm³/mol. The van der Waals surface area contributed by atoms with Crippen LogP contribution < -0.4 is 5.32 Å². The second kappa shape index (κ2) is 8.38. The van der Waals surface area contributed by atoms with Crippen molar-refractivity contribution < 1.29 is 8.42 Å². The third-order valence-corrected chi connectivity index (χ3v) is 7.00. The fourth-order valence-corrected chi connectivity index (χ4v) is 3.69. The van der Waals surface area contributed by atoms with E-state index in [-0.39, 0.29) is 5.41 Å². The van der Waals surface area contributed by atoms with E-state index in [2.05, 4.69) is 26.1 Å². The van der Waals surface area contributed by atoms with Crippen molar-refractivity contribution in [2.45, 2.75) is 78.4 Å². The maximum Gasteiger partial charge on any atom is 0.155 e. The highest BCUT2D eigenvalue weighted by molar-refractivity contribution is 7.92. The lowest BCUT2D eigenvalue weighted by molar-refractivity contribution is 0.224. The Bertz CT molecular complexity index is 347. The summed E-state index contributed by atoms with van der Waals surface area (Å²) in [6.07, 6.45) is 5.27. The highest BCUT2D eigenvalue weighted by Crippen LogP contribution is 2.34. The van der Waals surface area contributed by atoms with Gasteiger partial charge in [0.15, 0.2) is 9.84 Å². The first-order valence-electron chi connectivity index (χ1n) is 8.07. The van der Waals surface area contributed by atoms with Crippen molar-refractivity contribution in [3.05, 3.63) is 0 Å². The van der Waals surface area contributed by atoms with Crippen LogP contribution in [0.2, 0.25) is 0 Å². The Morgan fingerprint density at radius 1 is 1.00 bits per heavy atom. The quantitative estimate of drug-likeness (QED) is 0.668. The normalized spacial score (nSPS) is 16.1. The molecular formula is C16H35NO2S. The van der Waals surface area contributed by atoms with E-state index in [9.17, 15) is 8.42 Å². The van der Waals surface area contributed by atoms with Gasteiger partial charge < -0.3 is 5.32 Å². The molecule has 1 unspecified atom stereocenters. The number of rotatable bonds is 10. The molecule has 1 N–H and O–H groups in total. The monoisotopic (exact) mass is 305 g/mol. The molecule has 0 aliphatic heterocycles. The number of unbranched alkanes of at least 4 members (excludes halogenated alkanes) is 1. The summed E-state index contributed by atoms with van der Waals surface area (Å²) in [5.74, 6) is 0.305. The number of sulfone groups is 1. The van der Waals surface area contributed by atoms with E-state index in [1.54, 1.807) is 20.8 Å². The van der Waals surface area contributed by atoms with Crippen LogP contribution in [0.25, 0.3) is 0 Å². The first kappa shape index (κ1) is 19.9. The van der Waals surface area contributed by atoms with E-state index in [4.69, 9.17) is 0 Å². The number of nitrogens with one attached hydrogen (secondary N) is 1. The molecule has 0 fully saturated rings. The van der Waals surface area contributed by atoms with Gasteiger partial charge in [-0.3, -0.25) is 0 Å². The molecule has 0 amide bonds. The topological polar surface area (TPSA) is 46.2 Å². The summed E-state index contributed by atoms with van der Waals surface area (Å²) >= 11 is 0. The van der Waals surface area contributed by atoms with Crippen LogP contribution in [-0.2, 0) is 9.84 Å². The molecule has 0 bridgehead atoms. The zero-order chi connectivity index (χ0) is 15.9. The Balaban J connectivity index is 4.88.